The topological polar surface area (TPSA) is 35.6 Å². The summed E-state index contributed by atoms with van der Waals surface area (Å²) in [5.41, 5.74) is 13.6. The molecular weight excluding hydrogens is 681 g/mol. The van der Waals surface area contributed by atoms with E-state index in [9.17, 15) is 0 Å². The smallest absolute Gasteiger partial charge is 0.165 e. The fraction of sp³-hybridized carbons (Fsp3) is 0. The standard InChI is InChI=1S/C52H34N4/c1-5-17-35(18-6-1)49-50(36-19-7-2-8-20-36)54-52(51(53-49)37-21-9-3-10-22-37)56-46-28-16-14-26-42(46)44-34-39(30-32-48(44)56)38-29-31-47-43(33-38)41-25-13-15-27-45(41)55(47)40-23-11-4-12-24-40/h1-34H. The lowest BCUT2D eigenvalue weighted by Crippen LogP contribution is -2.06. The third-order valence-electron chi connectivity index (χ3n) is 10.9. The van der Waals surface area contributed by atoms with Crippen molar-refractivity contribution in [1.29, 1.82) is 0 Å². The van der Waals surface area contributed by atoms with Crippen molar-refractivity contribution in [2.45, 2.75) is 0 Å². The van der Waals surface area contributed by atoms with E-state index < -0.39 is 0 Å². The molecule has 4 heteroatoms. The van der Waals surface area contributed by atoms with E-state index >= 15 is 0 Å². The first-order valence-corrected chi connectivity index (χ1v) is 19.0. The molecule has 0 amide bonds. The molecule has 0 N–H and O–H groups in total. The Bertz CT molecular complexity index is 3220. The Morgan fingerprint density at radius 1 is 0.268 bits per heavy atom. The molecule has 56 heavy (non-hydrogen) atoms. The average Bonchev–Trinajstić information content (AvgIpc) is 3.79. The predicted octanol–water partition coefficient (Wildman–Crippen LogP) is 13.3. The van der Waals surface area contributed by atoms with Crippen molar-refractivity contribution >= 4 is 43.6 Å². The van der Waals surface area contributed by atoms with Gasteiger partial charge < -0.3 is 4.57 Å². The van der Waals surface area contributed by atoms with Gasteiger partial charge in [0.15, 0.2) is 5.82 Å². The van der Waals surface area contributed by atoms with E-state index in [0.717, 1.165) is 61.9 Å². The van der Waals surface area contributed by atoms with Gasteiger partial charge in [0.25, 0.3) is 0 Å². The Morgan fingerprint density at radius 2 is 0.661 bits per heavy atom. The minimum atomic E-state index is 0.795. The molecule has 0 radical (unpaired) electrons. The molecule has 3 heterocycles. The molecule has 0 aliphatic rings. The van der Waals surface area contributed by atoms with Gasteiger partial charge in [-0.05, 0) is 59.7 Å². The summed E-state index contributed by atoms with van der Waals surface area (Å²) in [4.78, 5) is 11.1. The van der Waals surface area contributed by atoms with Crippen molar-refractivity contribution in [3.05, 3.63) is 206 Å². The van der Waals surface area contributed by atoms with Crippen LogP contribution in [0.5, 0.6) is 0 Å². The van der Waals surface area contributed by atoms with Gasteiger partial charge in [-0.15, -0.1) is 0 Å². The normalized spacial score (nSPS) is 11.6. The molecule has 0 spiro atoms. The highest BCUT2D eigenvalue weighted by molar-refractivity contribution is 6.13. The van der Waals surface area contributed by atoms with Crippen LogP contribution in [0.3, 0.4) is 0 Å². The zero-order chi connectivity index (χ0) is 37.0. The van der Waals surface area contributed by atoms with E-state index in [-0.39, 0.29) is 0 Å². The maximum atomic E-state index is 5.61. The second-order valence-corrected chi connectivity index (χ2v) is 14.2. The van der Waals surface area contributed by atoms with Crippen LogP contribution in [0.25, 0.3) is 100 Å². The molecule has 0 aliphatic carbocycles. The third kappa shape index (κ3) is 5.15. The van der Waals surface area contributed by atoms with Crippen LogP contribution in [0.15, 0.2) is 206 Å². The number of fused-ring (bicyclic) bond motifs is 6. The van der Waals surface area contributed by atoms with E-state index in [1.165, 1.54) is 38.1 Å². The summed E-state index contributed by atoms with van der Waals surface area (Å²) in [7, 11) is 0. The third-order valence-corrected chi connectivity index (χ3v) is 10.9. The molecule has 11 aromatic rings. The SMILES string of the molecule is c1ccc(-c2nc(-c3ccccc3)c(-n3c4ccccc4c4cc(-c5ccc6c(c5)c5ccccc5n6-c5ccccc5)ccc43)nc2-c2ccccc2)cc1. The van der Waals surface area contributed by atoms with Gasteiger partial charge >= 0.3 is 0 Å². The van der Waals surface area contributed by atoms with Gasteiger partial charge in [0.05, 0.1) is 33.5 Å². The zero-order valence-corrected chi connectivity index (χ0v) is 30.4. The largest absolute Gasteiger partial charge is 0.309 e. The number of rotatable bonds is 6. The predicted molar refractivity (Wildman–Crippen MR) is 232 cm³/mol. The molecule has 0 saturated carbocycles. The highest BCUT2D eigenvalue weighted by atomic mass is 15.1. The van der Waals surface area contributed by atoms with Crippen LogP contribution in [0, 0.1) is 0 Å². The highest BCUT2D eigenvalue weighted by Gasteiger charge is 2.23. The zero-order valence-electron chi connectivity index (χ0n) is 30.4. The first kappa shape index (κ1) is 31.9. The molecule has 0 saturated heterocycles. The van der Waals surface area contributed by atoms with E-state index in [0.29, 0.717) is 0 Å². The first-order chi connectivity index (χ1) is 27.8. The molecular formula is C52H34N4. The molecule has 0 unspecified atom stereocenters. The molecule has 3 aromatic heterocycles. The molecule has 8 aromatic carbocycles. The second-order valence-electron chi connectivity index (χ2n) is 14.2. The van der Waals surface area contributed by atoms with Crippen LogP contribution in [0.2, 0.25) is 0 Å². The fourth-order valence-electron chi connectivity index (χ4n) is 8.36. The van der Waals surface area contributed by atoms with E-state index in [1.807, 2.05) is 18.2 Å². The Hall–Kier alpha value is -7.56. The summed E-state index contributed by atoms with van der Waals surface area (Å²) >= 11 is 0. The molecule has 0 bridgehead atoms. The maximum absolute atomic E-state index is 5.61. The molecule has 0 aliphatic heterocycles. The van der Waals surface area contributed by atoms with Crippen LogP contribution in [-0.2, 0) is 0 Å². The van der Waals surface area contributed by atoms with Gasteiger partial charge in [0.1, 0.15) is 5.69 Å². The van der Waals surface area contributed by atoms with Crippen LogP contribution in [0.4, 0.5) is 0 Å². The highest BCUT2D eigenvalue weighted by Crippen LogP contribution is 2.41. The number of benzene rings is 8. The van der Waals surface area contributed by atoms with Gasteiger partial charge in [0, 0.05) is 43.9 Å². The quantitative estimate of drug-likeness (QED) is 0.172. The minimum absolute atomic E-state index is 0.795. The fourth-order valence-corrected chi connectivity index (χ4v) is 8.36. The molecule has 0 fully saturated rings. The van der Waals surface area contributed by atoms with Crippen molar-refractivity contribution in [3.8, 4) is 56.4 Å². The summed E-state index contributed by atoms with van der Waals surface area (Å²) < 4.78 is 4.67. The van der Waals surface area contributed by atoms with Gasteiger partial charge in [-0.25, -0.2) is 9.97 Å². The second kappa shape index (κ2) is 13.1. The van der Waals surface area contributed by atoms with Crippen LogP contribution in [0.1, 0.15) is 0 Å². The lowest BCUT2D eigenvalue weighted by Gasteiger charge is -2.17. The lowest BCUT2D eigenvalue weighted by atomic mass is 10.0. The van der Waals surface area contributed by atoms with E-state index in [1.54, 1.807) is 0 Å². The molecule has 4 nitrogen and oxygen atoms in total. The van der Waals surface area contributed by atoms with Gasteiger partial charge in [-0.1, -0.05) is 158 Å². The number of nitrogens with zero attached hydrogens (tertiary/aromatic N) is 4. The summed E-state index contributed by atoms with van der Waals surface area (Å²) in [6.07, 6.45) is 0. The number of aromatic nitrogens is 4. The first-order valence-electron chi connectivity index (χ1n) is 19.0. The molecule has 0 atom stereocenters. The minimum Gasteiger partial charge on any atom is -0.309 e. The van der Waals surface area contributed by atoms with E-state index in [2.05, 4.69) is 197 Å². The maximum Gasteiger partial charge on any atom is 0.165 e. The van der Waals surface area contributed by atoms with Gasteiger partial charge in [-0.3, -0.25) is 4.57 Å². The summed E-state index contributed by atoms with van der Waals surface area (Å²) in [6.45, 7) is 0. The van der Waals surface area contributed by atoms with Gasteiger partial charge in [0.2, 0.25) is 0 Å². The lowest BCUT2D eigenvalue weighted by molar-refractivity contribution is 1.05. The Labute approximate surface area is 324 Å². The monoisotopic (exact) mass is 714 g/mol. The number of para-hydroxylation sites is 3. The van der Waals surface area contributed by atoms with Crippen molar-refractivity contribution in [2.24, 2.45) is 0 Å². The van der Waals surface area contributed by atoms with Crippen molar-refractivity contribution in [2.75, 3.05) is 0 Å². The van der Waals surface area contributed by atoms with Crippen LogP contribution >= 0.6 is 0 Å². The van der Waals surface area contributed by atoms with Crippen molar-refractivity contribution < 1.29 is 0 Å². The summed E-state index contributed by atoms with van der Waals surface area (Å²) in [5, 5.41) is 4.81. The van der Waals surface area contributed by atoms with Crippen LogP contribution < -0.4 is 0 Å². The average molecular weight is 715 g/mol. The van der Waals surface area contributed by atoms with Crippen molar-refractivity contribution in [1.82, 2.24) is 19.1 Å². The van der Waals surface area contributed by atoms with Crippen molar-refractivity contribution in [3.63, 3.8) is 0 Å². The Kier molecular flexibility index (Phi) is 7.46. The number of hydrogen-bond donors (Lipinski definition) is 0. The molecule has 11 rings (SSSR count). The van der Waals surface area contributed by atoms with Gasteiger partial charge in [-0.2, -0.15) is 0 Å². The Morgan fingerprint density at radius 3 is 1.20 bits per heavy atom. The Balaban J connectivity index is 1.15. The summed E-state index contributed by atoms with van der Waals surface area (Å²) in [5.74, 6) is 0.795. The van der Waals surface area contributed by atoms with E-state index in [4.69, 9.17) is 9.97 Å². The molecule has 262 valence electrons. The van der Waals surface area contributed by atoms with Crippen LogP contribution in [-0.4, -0.2) is 19.1 Å². The number of hydrogen-bond acceptors (Lipinski definition) is 2. The summed E-state index contributed by atoms with van der Waals surface area (Å²) in [6, 6.07) is 73.0.